The van der Waals surface area contributed by atoms with Crippen molar-refractivity contribution in [2.75, 3.05) is 0 Å². The van der Waals surface area contributed by atoms with Crippen molar-refractivity contribution in [1.82, 2.24) is 4.98 Å². The number of benzene rings is 4. The molecule has 0 amide bonds. The Morgan fingerprint density at radius 3 is 2.00 bits per heavy atom. The minimum atomic E-state index is -2.37. The normalized spacial score (nSPS) is 14.9. The highest BCUT2D eigenvalue weighted by atomic mass is 32.1. The van der Waals surface area contributed by atoms with Gasteiger partial charge in [-0.05, 0) is 73.7 Å². The van der Waals surface area contributed by atoms with Crippen molar-refractivity contribution in [3.8, 4) is 11.3 Å². The van der Waals surface area contributed by atoms with Gasteiger partial charge in [-0.15, -0.1) is 11.3 Å². The monoisotopic (exact) mass is 595 g/mol. The first-order chi connectivity index (χ1) is 20.9. The highest BCUT2D eigenvalue weighted by molar-refractivity contribution is 7.37. The van der Waals surface area contributed by atoms with Crippen LogP contribution in [0.15, 0.2) is 109 Å². The molecular weight excluding hydrogens is 555 g/mol. The first kappa shape index (κ1) is 28.2. The minimum absolute atomic E-state index is 0.0315. The lowest BCUT2D eigenvalue weighted by molar-refractivity contribution is 0.497. The van der Waals surface area contributed by atoms with Gasteiger partial charge in [-0.2, -0.15) is 0 Å². The molecule has 0 N–H and O–H groups in total. The van der Waals surface area contributed by atoms with Gasteiger partial charge in [0.25, 0.3) is 0 Å². The van der Waals surface area contributed by atoms with Crippen LogP contribution < -0.4 is 14.9 Å². The minimum Gasteiger partial charge on any atom is -0.255 e. The zero-order chi connectivity index (χ0) is 29.6. The Morgan fingerprint density at radius 2 is 1.35 bits per heavy atom. The Kier molecular flexibility index (Phi) is 7.35. The zero-order valence-corrected chi connectivity index (χ0v) is 27.7. The van der Waals surface area contributed by atoms with Crippen LogP contribution in [0.1, 0.15) is 64.0 Å². The van der Waals surface area contributed by atoms with E-state index in [2.05, 4.69) is 142 Å². The number of rotatable bonds is 5. The Labute approximate surface area is 261 Å². The van der Waals surface area contributed by atoms with Crippen LogP contribution in [0.25, 0.3) is 32.1 Å². The second kappa shape index (κ2) is 11.2. The third-order valence-corrected chi connectivity index (χ3v) is 17.6. The third kappa shape index (κ3) is 4.78. The smallest absolute Gasteiger partial charge is 0.163 e. The quantitative estimate of drug-likeness (QED) is 0.181. The summed E-state index contributed by atoms with van der Waals surface area (Å²) in [6.07, 6.45) is 8.71. The topological polar surface area (TPSA) is 12.9 Å². The predicted molar refractivity (Wildman–Crippen MR) is 190 cm³/mol. The van der Waals surface area contributed by atoms with Crippen LogP contribution in [-0.4, -0.2) is 13.1 Å². The van der Waals surface area contributed by atoms with Crippen LogP contribution in [0.3, 0.4) is 0 Å². The third-order valence-electron chi connectivity index (χ3n) is 9.83. The summed E-state index contributed by atoms with van der Waals surface area (Å²) in [6.45, 7) is 9.37. The first-order valence-electron chi connectivity index (χ1n) is 15.9. The molecular formula is C40H41NSSi. The van der Waals surface area contributed by atoms with Gasteiger partial charge >= 0.3 is 0 Å². The van der Waals surface area contributed by atoms with Crippen LogP contribution in [0.5, 0.6) is 0 Å². The van der Waals surface area contributed by atoms with Gasteiger partial charge in [0.15, 0.2) is 8.07 Å². The van der Waals surface area contributed by atoms with Crippen LogP contribution in [0.2, 0.25) is 5.54 Å². The number of hydrogen-bond acceptors (Lipinski definition) is 2. The molecule has 1 saturated carbocycles. The van der Waals surface area contributed by atoms with E-state index < -0.39 is 8.07 Å². The molecule has 4 aromatic carbocycles. The predicted octanol–water partition coefficient (Wildman–Crippen LogP) is 9.53. The summed E-state index contributed by atoms with van der Waals surface area (Å²) in [7, 11) is -2.37. The molecule has 2 heterocycles. The molecule has 0 spiro atoms. The van der Waals surface area contributed by atoms with E-state index in [-0.39, 0.29) is 5.41 Å². The second-order valence-corrected chi connectivity index (χ2v) is 18.9. The van der Waals surface area contributed by atoms with E-state index in [9.17, 15) is 0 Å². The molecule has 2 aromatic heterocycles. The summed E-state index contributed by atoms with van der Waals surface area (Å²) in [5, 5.41) is 7.11. The molecule has 1 aliphatic rings. The maximum atomic E-state index is 5.13. The van der Waals surface area contributed by atoms with Crippen molar-refractivity contribution < 1.29 is 0 Å². The summed E-state index contributed by atoms with van der Waals surface area (Å²) >= 11 is 2.05. The van der Waals surface area contributed by atoms with Crippen LogP contribution in [-0.2, 0) is 5.41 Å². The van der Waals surface area contributed by atoms with E-state index in [4.69, 9.17) is 4.98 Å². The Morgan fingerprint density at radius 1 is 0.721 bits per heavy atom. The fourth-order valence-corrected chi connectivity index (χ4v) is 16.7. The molecule has 1 fully saturated rings. The molecule has 6 aromatic rings. The number of nitrogens with zero attached hydrogens (tertiary/aromatic N) is 1. The molecule has 0 aliphatic heterocycles. The number of aryl methyl sites for hydroxylation is 1. The number of thiophene rings is 1. The molecule has 1 nitrogen and oxygen atoms in total. The Bertz CT molecular complexity index is 1850. The van der Waals surface area contributed by atoms with E-state index in [0.29, 0.717) is 5.54 Å². The van der Waals surface area contributed by atoms with E-state index in [1.807, 2.05) is 6.20 Å². The molecule has 216 valence electrons. The van der Waals surface area contributed by atoms with Gasteiger partial charge in [-0.1, -0.05) is 138 Å². The fourth-order valence-electron chi connectivity index (χ4n) is 7.82. The van der Waals surface area contributed by atoms with Crippen molar-refractivity contribution in [1.29, 1.82) is 0 Å². The van der Waals surface area contributed by atoms with Crippen LogP contribution >= 0.6 is 11.3 Å². The van der Waals surface area contributed by atoms with Gasteiger partial charge in [0.1, 0.15) is 0 Å². The number of aromatic nitrogens is 1. The maximum absolute atomic E-state index is 5.13. The molecule has 0 radical (unpaired) electrons. The maximum Gasteiger partial charge on any atom is 0.163 e. The molecule has 0 atom stereocenters. The van der Waals surface area contributed by atoms with Gasteiger partial charge in [-0.3, -0.25) is 4.98 Å². The summed E-state index contributed by atoms with van der Waals surface area (Å²) in [4.78, 5) is 5.13. The Hall–Kier alpha value is -3.53. The average Bonchev–Trinajstić information content (AvgIpc) is 3.38. The zero-order valence-electron chi connectivity index (χ0n) is 25.9. The first-order valence-corrected chi connectivity index (χ1v) is 18.8. The molecule has 43 heavy (non-hydrogen) atoms. The lowest BCUT2D eigenvalue weighted by Crippen LogP contribution is -2.69. The second-order valence-electron chi connectivity index (χ2n) is 13.5. The highest BCUT2D eigenvalue weighted by Gasteiger charge is 2.48. The largest absolute Gasteiger partial charge is 0.255 e. The average molecular weight is 596 g/mol. The van der Waals surface area contributed by atoms with Crippen LogP contribution in [0, 0.1) is 6.92 Å². The van der Waals surface area contributed by atoms with Crippen LogP contribution in [0.4, 0.5) is 0 Å². The lowest BCUT2D eigenvalue weighted by atomic mass is 9.82. The van der Waals surface area contributed by atoms with Crippen molar-refractivity contribution in [2.45, 2.75) is 70.8 Å². The van der Waals surface area contributed by atoms with E-state index in [1.54, 1.807) is 14.9 Å². The fraction of sp³-hybridized carbons (Fsp3) is 0.275. The van der Waals surface area contributed by atoms with Gasteiger partial charge in [0.05, 0.1) is 10.4 Å². The lowest BCUT2D eigenvalue weighted by Gasteiger charge is -2.42. The summed E-state index contributed by atoms with van der Waals surface area (Å²) in [6, 6.07) is 39.1. The van der Waals surface area contributed by atoms with Gasteiger partial charge in [0, 0.05) is 16.3 Å². The van der Waals surface area contributed by atoms with Crippen molar-refractivity contribution in [3.63, 3.8) is 0 Å². The van der Waals surface area contributed by atoms with E-state index >= 15 is 0 Å². The molecule has 0 unspecified atom stereocenters. The molecule has 1 aliphatic carbocycles. The standard InChI is InChI=1S/C40H41NSSi/c1-28-34-24-25-41-37(30-26-29-16-14-15-23-35(29)36(27-30)40(2,3)4)38(34)42-39(28)43(31-17-8-5-9-18-31,32-19-10-6-11-20-32)33-21-12-7-13-22-33/h5-6,8-11,14-20,23-27,33H,7,12-13,21-22H2,1-4H3. The van der Waals surface area contributed by atoms with E-state index in [0.717, 1.165) is 5.69 Å². The summed E-state index contributed by atoms with van der Waals surface area (Å²) in [5.74, 6) is 0. The van der Waals surface area contributed by atoms with Crippen molar-refractivity contribution >= 4 is 55.1 Å². The number of hydrogen-bond donors (Lipinski definition) is 0. The summed E-state index contributed by atoms with van der Waals surface area (Å²) in [5.41, 5.74) is 5.91. The molecule has 3 heteroatoms. The van der Waals surface area contributed by atoms with Gasteiger partial charge in [-0.25, -0.2) is 0 Å². The Balaban J connectivity index is 1.54. The highest BCUT2D eigenvalue weighted by Crippen LogP contribution is 2.42. The van der Waals surface area contributed by atoms with Gasteiger partial charge in [0.2, 0.25) is 0 Å². The van der Waals surface area contributed by atoms with Crippen molar-refractivity contribution in [2.24, 2.45) is 0 Å². The molecule has 7 rings (SSSR count). The molecule has 0 saturated heterocycles. The number of pyridine rings is 1. The van der Waals surface area contributed by atoms with Gasteiger partial charge < -0.3 is 0 Å². The van der Waals surface area contributed by atoms with Crippen molar-refractivity contribution in [3.05, 3.63) is 120 Å². The number of fused-ring (bicyclic) bond motifs is 2. The van der Waals surface area contributed by atoms with E-state index in [1.165, 1.54) is 69.7 Å². The summed E-state index contributed by atoms with van der Waals surface area (Å²) < 4.78 is 2.96. The SMILES string of the molecule is Cc1c([Si](c2ccccc2)(c2ccccc2)C2CCCCC2)sc2c(-c3cc(C(C)(C)C)c4ccccc4c3)nccc12. The molecule has 0 bridgehead atoms.